The molecule has 1 heterocycles. The largest absolute Gasteiger partial charge is 0.489 e. The van der Waals surface area contributed by atoms with Gasteiger partial charge in [-0.1, -0.05) is 12.1 Å². The van der Waals surface area contributed by atoms with Crippen molar-refractivity contribution < 1.29 is 37.4 Å². The minimum absolute atomic E-state index is 0.000264. The molecule has 35 heavy (non-hydrogen) atoms. The maximum atomic E-state index is 13.4. The van der Waals surface area contributed by atoms with Crippen molar-refractivity contribution in [1.29, 1.82) is 0 Å². The number of benzene rings is 2. The highest BCUT2D eigenvalue weighted by molar-refractivity contribution is 6.24. The Labute approximate surface area is 199 Å². The van der Waals surface area contributed by atoms with Crippen LogP contribution in [0.15, 0.2) is 36.4 Å². The van der Waals surface area contributed by atoms with Crippen molar-refractivity contribution in [3.8, 4) is 11.5 Å². The molecule has 0 bridgehead atoms. The third-order valence-electron chi connectivity index (χ3n) is 5.70. The smallest absolute Gasteiger partial charge is 0.387 e. The number of primary amides is 1. The summed E-state index contributed by atoms with van der Waals surface area (Å²) in [5.74, 6) is -2.54. The van der Waals surface area contributed by atoms with E-state index in [-0.39, 0.29) is 40.5 Å². The second-order valence-corrected chi connectivity index (χ2v) is 8.41. The Morgan fingerprint density at radius 2 is 1.89 bits per heavy atom. The fourth-order valence-electron chi connectivity index (χ4n) is 3.96. The quantitative estimate of drug-likeness (QED) is 0.495. The first-order valence-electron chi connectivity index (χ1n) is 10.9. The third-order valence-corrected chi connectivity index (χ3v) is 5.70. The Balaban J connectivity index is 1.73. The summed E-state index contributed by atoms with van der Waals surface area (Å²) >= 11 is 0. The number of ether oxygens (including phenoxy) is 2. The molecule has 4 amide bonds. The second kappa shape index (κ2) is 9.69. The van der Waals surface area contributed by atoms with Gasteiger partial charge >= 0.3 is 6.61 Å². The lowest BCUT2D eigenvalue weighted by Crippen LogP contribution is -2.36. The first-order chi connectivity index (χ1) is 16.7. The third kappa shape index (κ3) is 5.23. The van der Waals surface area contributed by atoms with Crippen LogP contribution in [0.2, 0.25) is 0 Å². The zero-order chi connectivity index (χ0) is 25.3. The van der Waals surface area contributed by atoms with Gasteiger partial charge in [0.15, 0.2) is 11.5 Å². The summed E-state index contributed by atoms with van der Waals surface area (Å²) in [5, 5.41) is 2.53. The molecule has 3 N–H and O–H groups in total. The number of anilines is 1. The van der Waals surface area contributed by atoms with E-state index in [1.807, 2.05) is 0 Å². The van der Waals surface area contributed by atoms with Gasteiger partial charge in [0, 0.05) is 6.92 Å². The SMILES string of the molecule is CC(=O)Nc1cccc2c1C(=O)N([C@@H](CC(N)=O)c1ccc(OC(F)F)c(OCC3CC3)c1)C2=O. The number of imide groups is 1. The van der Waals surface area contributed by atoms with Gasteiger partial charge in [0.05, 0.1) is 35.9 Å². The van der Waals surface area contributed by atoms with Crippen molar-refractivity contribution in [2.45, 2.75) is 38.8 Å². The highest BCUT2D eigenvalue weighted by atomic mass is 19.3. The summed E-state index contributed by atoms with van der Waals surface area (Å²) in [4.78, 5) is 51.0. The number of hydrogen-bond acceptors (Lipinski definition) is 6. The Hall–Kier alpha value is -4.02. The first kappa shape index (κ1) is 24.1. The van der Waals surface area contributed by atoms with Crippen LogP contribution in [0.4, 0.5) is 14.5 Å². The van der Waals surface area contributed by atoms with E-state index in [0.29, 0.717) is 5.92 Å². The summed E-state index contributed by atoms with van der Waals surface area (Å²) in [6.07, 6.45) is 1.50. The predicted octanol–water partition coefficient (Wildman–Crippen LogP) is 3.25. The van der Waals surface area contributed by atoms with E-state index in [4.69, 9.17) is 10.5 Å². The average molecular weight is 487 g/mol. The molecule has 0 saturated heterocycles. The molecule has 2 aliphatic rings. The molecule has 1 saturated carbocycles. The fourth-order valence-corrected chi connectivity index (χ4v) is 3.96. The van der Waals surface area contributed by atoms with Gasteiger partial charge in [0.1, 0.15) is 0 Å². The van der Waals surface area contributed by atoms with Gasteiger partial charge in [-0.05, 0) is 48.6 Å². The highest BCUT2D eigenvalue weighted by Crippen LogP contribution is 2.40. The van der Waals surface area contributed by atoms with Crippen molar-refractivity contribution in [2.24, 2.45) is 11.7 Å². The molecule has 2 aromatic rings. The lowest BCUT2D eigenvalue weighted by molar-refractivity contribution is -0.119. The standard InChI is InChI=1S/C24H23F2N3O6/c1-12(30)28-16-4-2-3-15-21(16)23(33)29(22(15)32)17(10-20(27)31)14-7-8-18(35-24(25)26)19(9-14)34-11-13-5-6-13/h2-4,7-9,13,17,24H,5-6,10-11H2,1H3,(H2,27,31)(H,28,30)/t17-/m0/s1. The van der Waals surface area contributed by atoms with Crippen molar-refractivity contribution in [2.75, 3.05) is 11.9 Å². The van der Waals surface area contributed by atoms with Gasteiger partial charge in [-0.3, -0.25) is 24.1 Å². The first-order valence-corrected chi connectivity index (χ1v) is 10.9. The number of carbonyl (C=O) groups is 4. The van der Waals surface area contributed by atoms with Crippen LogP contribution < -0.4 is 20.5 Å². The predicted molar refractivity (Wildman–Crippen MR) is 119 cm³/mol. The van der Waals surface area contributed by atoms with E-state index >= 15 is 0 Å². The van der Waals surface area contributed by atoms with E-state index in [0.717, 1.165) is 17.7 Å². The number of halogens is 2. The van der Waals surface area contributed by atoms with E-state index in [1.54, 1.807) is 0 Å². The summed E-state index contributed by atoms with van der Waals surface area (Å²) in [6.45, 7) is -1.54. The Morgan fingerprint density at radius 1 is 1.14 bits per heavy atom. The molecular weight excluding hydrogens is 464 g/mol. The summed E-state index contributed by atoms with van der Waals surface area (Å²) in [6, 6.07) is 7.26. The molecule has 0 spiro atoms. The van der Waals surface area contributed by atoms with Gasteiger partial charge in [-0.2, -0.15) is 8.78 Å². The maximum Gasteiger partial charge on any atom is 0.387 e. The van der Waals surface area contributed by atoms with Crippen molar-refractivity contribution in [3.05, 3.63) is 53.1 Å². The van der Waals surface area contributed by atoms with E-state index in [2.05, 4.69) is 10.1 Å². The van der Waals surface area contributed by atoms with Crippen LogP contribution in [0, 0.1) is 5.92 Å². The lowest BCUT2D eigenvalue weighted by atomic mass is 10.0. The Kier molecular flexibility index (Phi) is 6.68. The number of nitrogens with zero attached hydrogens (tertiary/aromatic N) is 1. The van der Waals surface area contributed by atoms with Crippen LogP contribution in [0.5, 0.6) is 11.5 Å². The van der Waals surface area contributed by atoms with Gasteiger partial charge in [-0.25, -0.2) is 0 Å². The molecule has 0 unspecified atom stereocenters. The van der Waals surface area contributed by atoms with Crippen molar-refractivity contribution in [3.63, 3.8) is 0 Å². The zero-order valence-corrected chi connectivity index (χ0v) is 18.8. The molecule has 4 rings (SSSR count). The monoisotopic (exact) mass is 487 g/mol. The van der Waals surface area contributed by atoms with Crippen LogP contribution in [0.3, 0.4) is 0 Å². The van der Waals surface area contributed by atoms with E-state index in [1.165, 1.54) is 43.3 Å². The van der Waals surface area contributed by atoms with Gasteiger partial charge in [-0.15, -0.1) is 0 Å². The van der Waals surface area contributed by atoms with Crippen LogP contribution >= 0.6 is 0 Å². The zero-order valence-electron chi connectivity index (χ0n) is 18.8. The fraction of sp³-hybridized carbons (Fsp3) is 0.333. The van der Waals surface area contributed by atoms with Crippen LogP contribution in [-0.2, 0) is 9.59 Å². The summed E-state index contributed by atoms with van der Waals surface area (Å²) < 4.78 is 36.0. The number of amides is 4. The molecule has 11 heteroatoms. The van der Waals surface area contributed by atoms with Gasteiger partial charge < -0.3 is 20.5 Å². The average Bonchev–Trinajstić information content (AvgIpc) is 3.57. The molecule has 0 radical (unpaired) electrons. The number of alkyl halides is 2. The van der Waals surface area contributed by atoms with Crippen molar-refractivity contribution in [1.82, 2.24) is 4.90 Å². The Bertz CT molecular complexity index is 1200. The number of hydrogen-bond donors (Lipinski definition) is 2. The van der Waals surface area contributed by atoms with Gasteiger partial charge in [0.25, 0.3) is 11.8 Å². The number of rotatable bonds is 10. The van der Waals surface area contributed by atoms with Gasteiger partial charge in [0.2, 0.25) is 11.8 Å². The van der Waals surface area contributed by atoms with Crippen molar-refractivity contribution >= 4 is 29.3 Å². The number of fused-ring (bicyclic) bond motifs is 1. The number of nitrogens with two attached hydrogens (primary N) is 1. The summed E-state index contributed by atoms with van der Waals surface area (Å²) in [7, 11) is 0. The molecule has 1 atom stereocenters. The molecule has 1 aliphatic carbocycles. The lowest BCUT2D eigenvalue weighted by Gasteiger charge is -2.26. The summed E-state index contributed by atoms with van der Waals surface area (Å²) in [5.41, 5.74) is 5.90. The molecule has 0 aromatic heterocycles. The van der Waals surface area contributed by atoms with Crippen LogP contribution in [-0.4, -0.2) is 41.7 Å². The molecule has 184 valence electrons. The second-order valence-electron chi connectivity index (χ2n) is 8.41. The van der Waals surface area contributed by atoms with E-state index in [9.17, 15) is 28.0 Å². The maximum absolute atomic E-state index is 13.4. The number of carbonyl (C=O) groups excluding carboxylic acids is 4. The minimum Gasteiger partial charge on any atom is -0.489 e. The number of nitrogens with one attached hydrogen (secondary N) is 1. The van der Waals surface area contributed by atoms with E-state index < -0.39 is 42.7 Å². The Morgan fingerprint density at radius 3 is 2.51 bits per heavy atom. The van der Waals surface area contributed by atoms with Crippen LogP contribution in [0.1, 0.15) is 58.5 Å². The van der Waals surface area contributed by atoms with Crippen LogP contribution in [0.25, 0.3) is 0 Å². The molecule has 1 aliphatic heterocycles. The molecule has 1 fully saturated rings. The molecular formula is C24H23F2N3O6. The minimum atomic E-state index is -3.09. The normalized spacial score (nSPS) is 15.7. The highest BCUT2D eigenvalue weighted by Gasteiger charge is 2.43. The molecule has 2 aromatic carbocycles. The topological polar surface area (TPSA) is 128 Å². The molecule has 9 nitrogen and oxygen atoms in total.